The average molecular weight is 214 g/mol. The number of rotatable bonds is 0. The van der Waals surface area contributed by atoms with Crippen LogP contribution in [0, 0.1) is 0 Å². The third-order valence-corrected chi connectivity index (χ3v) is 2.30. The van der Waals surface area contributed by atoms with Gasteiger partial charge in [-0.2, -0.15) is 0 Å². The number of anilines is 1. The molecule has 0 aliphatic heterocycles. The van der Waals surface area contributed by atoms with Crippen molar-refractivity contribution >= 4 is 29.1 Å². The van der Waals surface area contributed by atoms with Crippen molar-refractivity contribution in [2.45, 2.75) is 0 Å². The van der Waals surface area contributed by atoms with Crippen molar-refractivity contribution in [1.29, 1.82) is 0 Å². The number of hydrogen-bond acceptors (Lipinski definition) is 2. The standard InChI is InChI=1S/C9H11N3O.ClH/c1-11-7-4-3-6(10)5-8(7)12(2)9(11)13;/h3-5H,10H2,1-2H3;1H. The number of aryl methyl sites for hydroxylation is 2. The Morgan fingerprint density at radius 2 is 1.71 bits per heavy atom. The van der Waals surface area contributed by atoms with Gasteiger partial charge in [-0.05, 0) is 18.2 Å². The van der Waals surface area contributed by atoms with Gasteiger partial charge in [-0.1, -0.05) is 0 Å². The highest BCUT2D eigenvalue weighted by atomic mass is 35.5. The molecule has 1 aromatic carbocycles. The zero-order valence-corrected chi connectivity index (χ0v) is 8.84. The number of benzene rings is 1. The van der Waals surface area contributed by atoms with Crippen molar-refractivity contribution in [1.82, 2.24) is 9.13 Å². The number of imidazole rings is 1. The van der Waals surface area contributed by atoms with E-state index in [9.17, 15) is 4.79 Å². The van der Waals surface area contributed by atoms with Gasteiger partial charge in [0.15, 0.2) is 0 Å². The van der Waals surface area contributed by atoms with Gasteiger partial charge >= 0.3 is 5.69 Å². The molecule has 0 atom stereocenters. The molecule has 0 spiro atoms. The van der Waals surface area contributed by atoms with E-state index in [1.54, 1.807) is 35.4 Å². The number of aromatic nitrogens is 2. The SMILES string of the molecule is Cl.Cn1c(=O)n(C)c2cc(N)ccc21. The Labute approximate surface area is 87.3 Å². The smallest absolute Gasteiger partial charge is 0.328 e. The molecule has 0 bridgehead atoms. The summed E-state index contributed by atoms with van der Waals surface area (Å²) < 4.78 is 3.19. The first-order chi connectivity index (χ1) is 6.11. The van der Waals surface area contributed by atoms with E-state index in [1.165, 1.54) is 0 Å². The van der Waals surface area contributed by atoms with E-state index in [4.69, 9.17) is 5.73 Å². The summed E-state index contributed by atoms with van der Waals surface area (Å²) in [6.07, 6.45) is 0. The zero-order chi connectivity index (χ0) is 9.59. The van der Waals surface area contributed by atoms with Gasteiger partial charge in [0.25, 0.3) is 0 Å². The fraction of sp³-hybridized carbons (Fsp3) is 0.222. The van der Waals surface area contributed by atoms with Crippen molar-refractivity contribution in [2.24, 2.45) is 14.1 Å². The Morgan fingerprint density at radius 3 is 2.36 bits per heavy atom. The molecule has 0 saturated heterocycles. The van der Waals surface area contributed by atoms with Crippen LogP contribution in [0.5, 0.6) is 0 Å². The largest absolute Gasteiger partial charge is 0.399 e. The van der Waals surface area contributed by atoms with Crippen LogP contribution in [0.4, 0.5) is 5.69 Å². The van der Waals surface area contributed by atoms with Crippen LogP contribution in [-0.4, -0.2) is 9.13 Å². The molecule has 2 aromatic rings. The Morgan fingerprint density at radius 1 is 1.14 bits per heavy atom. The summed E-state index contributed by atoms with van der Waals surface area (Å²) in [7, 11) is 3.49. The van der Waals surface area contributed by atoms with Crippen LogP contribution in [-0.2, 0) is 14.1 Å². The first-order valence-corrected chi connectivity index (χ1v) is 4.02. The highest BCUT2D eigenvalue weighted by Crippen LogP contribution is 2.14. The summed E-state index contributed by atoms with van der Waals surface area (Å²) in [6, 6.07) is 5.45. The molecule has 0 aliphatic carbocycles. The minimum Gasteiger partial charge on any atom is -0.399 e. The van der Waals surface area contributed by atoms with Crippen LogP contribution in [0.25, 0.3) is 11.0 Å². The third-order valence-electron chi connectivity index (χ3n) is 2.30. The molecule has 0 aliphatic rings. The van der Waals surface area contributed by atoms with E-state index < -0.39 is 0 Å². The highest BCUT2D eigenvalue weighted by Gasteiger charge is 2.06. The maximum atomic E-state index is 11.5. The fourth-order valence-electron chi connectivity index (χ4n) is 1.52. The molecule has 1 aromatic heterocycles. The normalized spacial score (nSPS) is 10.1. The Bertz CT molecular complexity index is 527. The van der Waals surface area contributed by atoms with Crippen LogP contribution < -0.4 is 11.4 Å². The lowest BCUT2D eigenvalue weighted by Crippen LogP contribution is -2.19. The molecule has 0 amide bonds. The van der Waals surface area contributed by atoms with Crippen molar-refractivity contribution in [3.05, 3.63) is 28.7 Å². The topological polar surface area (TPSA) is 53.0 Å². The van der Waals surface area contributed by atoms with Gasteiger partial charge in [0.05, 0.1) is 11.0 Å². The molecule has 0 radical (unpaired) electrons. The van der Waals surface area contributed by atoms with E-state index >= 15 is 0 Å². The lowest BCUT2D eigenvalue weighted by atomic mass is 10.3. The number of hydrogen-bond donors (Lipinski definition) is 1. The monoisotopic (exact) mass is 213 g/mol. The van der Waals surface area contributed by atoms with Crippen LogP contribution in [0.3, 0.4) is 0 Å². The first-order valence-electron chi connectivity index (χ1n) is 4.02. The summed E-state index contributed by atoms with van der Waals surface area (Å²) in [5.41, 5.74) is 8.05. The van der Waals surface area contributed by atoms with Gasteiger partial charge in [0, 0.05) is 19.8 Å². The van der Waals surface area contributed by atoms with Crippen LogP contribution in [0.15, 0.2) is 23.0 Å². The quantitative estimate of drug-likeness (QED) is 0.661. The number of nitrogen functional groups attached to an aromatic ring is 1. The minimum atomic E-state index is -0.0272. The van der Waals surface area contributed by atoms with Crippen LogP contribution in [0.1, 0.15) is 0 Å². The summed E-state index contributed by atoms with van der Waals surface area (Å²) in [5, 5.41) is 0. The van der Waals surface area contributed by atoms with Crippen molar-refractivity contribution in [3.63, 3.8) is 0 Å². The number of halogens is 1. The molecular formula is C9H12ClN3O. The molecule has 2 N–H and O–H groups in total. The predicted molar refractivity (Wildman–Crippen MR) is 59.8 cm³/mol. The summed E-state index contributed by atoms with van der Waals surface area (Å²) >= 11 is 0. The molecule has 2 rings (SSSR count). The second-order valence-electron chi connectivity index (χ2n) is 3.15. The molecule has 0 saturated carbocycles. The molecule has 1 heterocycles. The van der Waals surface area contributed by atoms with Gasteiger partial charge < -0.3 is 5.73 Å². The molecule has 0 fully saturated rings. The van der Waals surface area contributed by atoms with Gasteiger partial charge in [-0.15, -0.1) is 12.4 Å². The first kappa shape index (κ1) is 10.7. The maximum absolute atomic E-state index is 11.5. The lowest BCUT2D eigenvalue weighted by molar-refractivity contribution is 0.795. The summed E-state index contributed by atoms with van der Waals surface area (Å²) in [5.74, 6) is 0. The number of fused-ring (bicyclic) bond motifs is 1. The summed E-state index contributed by atoms with van der Waals surface area (Å²) in [4.78, 5) is 11.5. The second kappa shape index (κ2) is 3.38. The van der Waals surface area contributed by atoms with Crippen LogP contribution >= 0.6 is 12.4 Å². The van der Waals surface area contributed by atoms with E-state index in [-0.39, 0.29) is 18.1 Å². The third kappa shape index (κ3) is 1.28. The van der Waals surface area contributed by atoms with Gasteiger partial charge in [0.1, 0.15) is 0 Å². The molecule has 14 heavy (non-hydrogen) atoms. The molecular weight excluding hydrogens is 202 g/mol. The van der Waals surface area contributed by atoms with Crippen LogP contribution in [0.2, 0.25) is 0 Å². The van der Waals surface area contributed by atoms with Gasteiger partial charge in [0.2, 0.25) is 0 Å². The van der Waals surface area contributed by atoms with Crippen molar-refractivity contribution in [3.8, 4) is 0 Å². The lowest BCUT2D eigenvalue weighted by Gasteiger charge is -1.95. The Kier molecular flexibility index (Phi) is 2.57. The van der Waals surface area contributed by atoms with Crippen molar-refractivity contribution < 1.29 is 0 Å². The summed E-state index contributed by atoms with van der Waals surface area (Å²) in [6.45, 7) is 0. The Balaban J connectivity index is 0.000000980. The Hall–Kier alpha value is -1.42. The van der Waals surface area contributed by atoms with E-state index in [0.717, 1.165) is 11.0 Å². The van der Waals surface area contributed by atoms with E-state index in [2.05, 4.69) is 0 Å². The molecule has 76 valence electrons. The average Bonchev–Trinajstić information content (AvgIpc) is 2.32. The van der Waals surface area contributed by atoms with Gasteiger partial charge in [-0.3, -0.25) is 9.13 Å². The van der Waals surface area contributed by atoms with Crippen molar-refractivity contribution in [2.75, 3.05) is 5.73 Å². The molecule has 4 nitrogen and oxygen atoms in total. The molecule has 5 heteroatoms. The fourth-order valence-corrected chi connectivity index (χ4v) is 1.52. The zero-order valence-electron chi connectivity index (χ0n) is 8.02. The van der Waals surface area contributed by atoms with Gasteiger partial charge in [-0.25, -0.2) is 4.79 Å². The highest BCUT2D eigenvalue weighted by molar-refractivity contribution is 5.85. The maximum Gasteiger partial charge on any atom is 0.328 e. The number of nitrogens with two attached hydrogens (primary N) is 1. The minimum absolute atomic E-state index is 0. The van der Waals surface area contributed by atoms with E-state index in [0.29, 0.717) is 5.69 Å². The predicted octanol–water partition coefficient (Wildman–Crippen LogP) is 0.881. The number of nitrogens with zero attached hydrogens (tertiary/aromatic N) is 2. The second-order valence-corrected chi connectivity index (χ2v) is 3.15. The molecule has 0 unspecified atom stereocenters. The van der Waals surface area contributed by atoms with E-state index in [1.807, 2.05) is 6.07 Å².